The van der Waals surface area contributed by atoms with Crippen molar-refractivity contribution < 1.29 is 1.37 Å². The first-order chi connectivity index (χ1) is 5.38. The number of rotatable bonds is 0. The zero-order valence-corrected chi connectivity index (χ0v) is 5.54. The Balaban J connectivity index is 2.91. The molecule has 0 aliphatic carbocycles. The molecule has 0 N–H and O–H groups in total. The lowest BCUT2D eigenvalue weighted by Crippen LogP contribution is -1.67. The summed E-state index contributed by atoms with van der Waals surface area (Å²) in [4.78, 5) is 0. The first-order valence-electron chi connectivity index (χ1n) is 3.82. The van der Waals surface area contributed by atoms with Crippen LogP contribution in [0.2, 0.25) is 0 Å². The van der Waals surface area contributed by atoms with Crippen LogP contribution < -0.4 is 0 Å². The smallest absolute Gasteiger partial charge is 0.0616 e. The fourth-order valence-electron chi connectivity index (χ4n) is 1.06. The molecule has 0 spiro atoms. The Morgan fingerprint density at radius 2 is 1.40 bits per heavy atom. The minimum Gasteiger partial charge on any atom is -0.0616 e. The average molecular weight is 130 g/mol. The SMILES string of the molecule is [3H]c1cccc2ccccc12. The molecule has 0 heterocycles. The molecule has 48 valence electrons. The van der Waals surface area contributed by atoms with Crippen molar-refractivity contribution in [2.45, 2.75) is 0 Å². The third kappa shape index (κ3) is 0.781. The van der Waals surface area contributed by atoms with Gasteiger partial charge in [0, 0.05) is 0 Å². The second kappa shape index (κ2) is 2.14. The molecule has 0 amide bonds. The van der Waals surface area contributed by atoms with Gasteiger partial charge in [-0.05, 0) is 10.8 Å². The first-order valence-corrected chi connectivity index (χ1v) is 3.32. The van der Waals surface area contributed by atoms with Gasteiger partial charge in [-0.25, -0.2) is 0 Å². The van der Waals surface area contributed by atoms with Crippen LogP contribution in [0.15, 0.2) is 48.5 Å². The summed E-state index contributed by atoms with van der Waals surface area (Å²) in [6, 6.07) is 14.3. The van der Waals surface area contributed by atoms with Crippen LogP contribution in [-0.2, 0) is 0 Å². The number of hydrogen-bond acceptors (Lipinski definition) is 0. The molecule has 2 aromatic carbocycles. The lowest BCUT2D eigenvalue weighted by molar-refractivity contribution is 1.75. The molecule has 0 saturated carbocycles. The topological polar surface area (TPSA) is 0 Å². The minimum atomic E-state index is 0.600. The summed E-state index contributed by atoms with van der Waals surface area (Å²) in [5.74, 6) is 0. The van der Waals surface area contributed by atoms with Gasteiger partial charge in [0.05, 0.1) is 1.37 Å². The van der Waals surface area contributed by atoms with Gasteiger partial charge in [0.1, 0.15) is 0 Å². The molecule has 0 aliphatic heterocycles. The fourth-order valence-corrected chi connectivity index (χ4v) is 1.06. The molecule has 0 aliphatic rings. The molecule has 0 nitrogen and oxygen atoms in total. The van der Waals surface area contributed by atoms with E-state index in [-0.39, 0.29) is 0 Å². The lowest BCUT2D eigenvalue weighted by atomic mass is 10.1. The highest BCUT2D eigenvalue weighted by Crippen LogP contribution is 2.11. The Morgan fingerprint density at radius 1 is 0.800 bits per heavy atom. The predicted octanol–water partition coefficient (Wildman–Crippen LogP) is 2.84. The van der Waals surface area contributed by atoms with Gasteiger partial charge in [0.15, 0.2) is 0 Å². The predicted molar refractivity (Wildman–Crippen MR) is 43.9 cm³/mol. The number of hydrogen-bond donors (Lipinski definition) is 0. The fraction of sp³-hybridized carbons (Fsp3) is 0. The maximum absolute atomic E-state index is 7.56. The summed E-state index contributed by atoms with van der Waals surface area (Å²) in [5.41, 5.74) is 0. The van der Waals surface area contributed by atoms with E-state index in [1.165, 1.54) is 0 Å². The van der Waals surface area contributed by atoms with E-state index in [0.717, 1.165) is 10.8 Å². The molecule has 0 radical (unpaired) electrons. The van der Waals surface area contributed by atoms with Crippen molar-refractivity contribution >= 4 is 10.8 Å². The molecule has 0 atom stereocenters. The van der Waals surface area contributed by atoms with E-state index in [9.17, 15) is 0 Å². The van der Waals surface area contributed by atoms with Crippen molar-refractivity contribution in [3.63, 3.8) is 0 Å². The zero-order chi connectivity index (χ0) is 7.68. The van der Waals surface area contributed by atoms with E-state index in [1.807, 2.05) is 42.5 Å². The van der Waals surface area contributed by atoms with Crippen molar-refractivity contribution in [3.05, 3.63) is 48.5 Å². The van der Waals surface area contributed by atoms with Crippen LogP contribution in [0.5, 0.6) is 0 Å². The highest BCUT2D eigenvalue weighted by Gasteiger charge is 1.85. The summed E-state index contributed by atoms with van der Waals surface area (Å²) in [7, 11) is 0. The van der Waals surface area contributed by atoms with E-state index in [0.29, 0.717) is 6.04 Å². The Bertz CT molecular complexity index is 374. The molecule has 0 bridgehead atoms. The largest absolute Gasteiger partial charge is 0.0629 e. The van der Waals surface area contributed by atoms with Gasteiger partial charge in [-0.15, -0.1) is 0 Å². The molecule has 0 fully saturated rings. The van der Waals surface area contributed by atoms with Crippen molar-refractivity contribution in [2.75, 3.05) is 0 Å². The summed E-state index contributed by atoms with van der Waals surface area (Å²) >= 11 is 0. The molecule has 10 heavy (non-hydrogen) atoms. The molecule has 0 aromatic heterocycles. The first kappa shape index (κ1) is 4.51. The summed E-state index contributed by atoms with van der Waals surface area (Å²) in [5, 5.41) is 2.16. The maximum atomic E-state index is 7.56. The molecule has 2 rings (SSSR count). The molecule has 0 unspecified atom stereocenters. The van der Waals surface area contributed by atoms with Crippen molar-refractivity contribution in [3.8, 4) is 0 Å². The van der Waals surface area contributed by atoms with E-state index in [2.05, 4.69) is 0 Å². The van der Waals surface area contributed by atoms with Crippen LogP contribution in [0.25, 0.3) is 10.8 Å². The second-order valence-corrected chi connectivity index (χ2v) is 2.26. The zero-order valence-electron chi connectivity index (χ0n) is 6.54. The van der Waals surface area contributed by atoms with E-state index >= 15 is 0 Å². The van der Waals surface area contributed by atoms with Gasteiger partial charge >= 0.3 is 0 Å². The highest BCUT2D eigenvalue weighted by molar-refractivity contribution is 5.81. The number of fused-ring (bicyclic) bond motifs is 1. The maximum Gasteiger partial charge on any atom is 0.0629 e. The highest BCUT2D eigenvalue weighted by atomic mass is 13.9. The van der Waals surface area contributed by atoms with Gasteiger partial charge in [0.2, 0.25) is 0 Å². The summed E-state index contributed by atoms with van der Waals surface area (Å²) in [6.45, 7) is 0. The molecular weight excluding hydrogens is 120 g/mol. The summed E-state index contributed by atoms with van der Waals surface area (Å²) in [6.07, 6.45) is 0. The average Bonchev–Trinajstić information content (AvgIpc) is 2.06. The van der Waals surface area contributed by atoms with Crippen LogP contribution in [0.4, 0.5) is 0 Å². The summed E-state index contributed by atoms with van der Waals surface area (Å²) < 4.78 is 7.56. The number of benzene rings is 2. The van der Waals surface area contributed by atoms with Crippen LogP contribution in [-0.4, -0.2) is 0 Å². The van der Waals surface area contributed by atoms with Gasteiger partial charge in [0.25, 0.3) is 0 Å². The van der Waals surface area contributed by atoms with Crippen LogP contribution in [0.3, 0.4) is 0 Å². The van der Waals surface area contributed by atoms with Crippen molar-refractivity contribution in [1.29, 1.82) is 0 Å². The third-order valence-corrected chi connectivity index (χ3v) is 1.57. The van der Waals surface area contributed by atoms with E-state index < -0.39 is 0 Å². The van der Waals surface area contributed by atoms with E-state index in [1.54, 1.807) is 0 Å². The van der Waals surface area contributed by atoms with Crippen LogP contribution >= 0.6 is 0 Å². The van der Waals surface area contributed by atoms with Crippen LogP contribution in [0, 0.1) is 0 Å². The van der Waals surface area contributed by atoms with E-state index in [4.69, 9.17) is 1.37 Å². The Kier molecular flexibility index (Phi) is 0.966. The van der Waals surface area contributed by atoms with Crippen molar-refractivity contribution in [1.82, 2.24) is 0 Å². The second-order valence-electron chi connectivity index (χ2n) is 2.26. The minimum absolute atomic E-state index is 0.600. The van der Waals surface area contributed by atoms with Crippen LogP contribution in [0.1, 0.15) is 1.37 Å². The Morgan fingerprint density at radius 3 is 2.10 bits per heavy atom. The molecular formula is C10H8. The van der Waals surface area contributed by atoms with Gasteiger partial charge in [-0.3, -0.25) is 0 Å². The Labute approximate surface area is 61.5 Å². The standard InChI is InChI=1S/C10H8/c1-2-6-10-8-4-3-7-9(10)5-1/h1-8H/i5T. The quantitative estimate of drug-likeness (QED) is 0.514. The van der Waals surface area contributed by atoms with Gasteiger partial charge in [-0.1, -0.05) is 48.5 Å². The Hall–Kier alpha value is -1.30. The molecule has 0 heteroatoms. The third-order valence-electron chi connectivity index (χ3n) is 1.57. The monoisotopic (exact) mass is 130 g/mol. The normalized spacial score (nSPS) is 11.4. The lowest BCUT2D eigenvalue weighted by Gasteiger charge is -1.92. The van der Waals surface area contributed by atoms with Gasteiger partial charge < -0.3 is 0 Å². The molecule has 2 aromatic rings. The van der Waals surface area contributed by atoms with Gasteiger partial charge in [-0.2, -0.15) is 0 Å². The van der Waals surface area contributed by atoms with Crippen molar-refractivity contribution in [2.24, 2.45) is 0 Å². The molecule has 0 saturated heterocycles.